The molecular weight excluding hydrogens is 348 g/mol. The molecule has 0 aliphatic heterocycles. The van der Waals surface area contributed by atoms with E-state index in [1.165, 1.54) is 28.1 Å². The molecule has 0 spiro atoms. The van der Waals surface area contributed by atoms with Gasteiger partial charge < -0.3 is 14.2 Å². The molecule has 0 atom stereocenters. The summed E-state index contributed by atoms with van der Waals surface area (Å²) in [5, 5.41) is 11.5. The van der Waals surface area contributed by atoms with Crippen molar-refractivity contribution in [3.05, 3.63) is 82.4 Å². The lowest BCUT2D eigenvalue weighted by Crippen LogP contribution is -2.26. The fourth-order valence-electron chi connectivity index (χ4n) is 2.80. The molecule has 3 aromatic rings. The van der Waals surface area contributed by atoms with E-state index in [2.05, 4.69) is 4.98 Å². The van der Waals surface area contributed by atoms with Gasteiger partial charge in [0, 0.05) is 43.2 Å². The van der Waals surface area contributed by atoms with E-state index in [0.717, 1.165) is 5.56 Å². The minimum atomic E-state index is -0.508. The second kappa shape index (κ2) is 7.69. The largest absolute Gasteiger partial charge is 0.496 e. The van der Waals surface area contributed by atoms with Gasteiger partial charge in [-0.25, -0.2) is 4.98 Å². The number of nitrogens with zero attached hydrogens (tertiary/aromatic N) is 4. The van der Waals surface area contributed by atoms with Crippen molar-refractivity contribution in [1.29, 1.82) is 0 Å². The Balaban J connectivity index is 1.88. The summed E-state index contributed by atoms with van der Waals surface area (Å²) in [6.45, 7) is 0.319. The lowest BCUT2D eigenvalue weighted by molar-refractivity contribution is -0.384. The van der Waals surface area contributed by atoms with E-state index in [4.69, 9.17) is 4.74 Å². The van der Waals surface area contributed by atoms with Gasteiger partial charge in [0.1, 0.15) is 11.4 Å². The minimum Gasteiger partial charge on any atom is -0.496 e. The molecule has 0 saturated carbocycles. The fourth-order valence-corrected chi connectivity index (χ4v) is 2.80. The third kappa shape index (κ3) is 3.79. The van der Waals surface area contributed by atoms with Gasteiger partial charge in [-0.05, 0) is 18.2 Å². The maximum atomic E-state index is 12.8. The first-order valence-corrected chi connectivity index (χ1v) is 8.15. The molecule has 8 heteroatoms. The third-order valence-electron chi connectivity index (χ3n) is 4.15. The minimum absolute atomic E-state index is 0.162. The molecule has 0 aliphatic carbocycles. The van der Waals surface area contributed by atoms with Crippen LogP contribution >= 0.6 is 0 Å². The second-order valence-electron chi connectivity index (χ2n) is 5.90. The fraction of sp³-hybridized carbons (Fsp3) is 0.158. The zero-order valence-corrected chi connectivity index (χ0v) is 14.9. The standard InChI is InChI=1S/C19H18N4O4/c1-21(12-15-5-3-4-6-18(15)27-2)19(24)14-7-8-16(17(11-14)23(25)26)22-10-9-20-13-22/h3-11,13H,12H2,1-2H3. The first-order chi connectivity index (χ1) is 13.0. The molecule has 1 amide bonds. The number of rotatable bonds is 6. The van der Waals surface area contributed by atoms with Crippen LogP contribution in [0.5, 0.6) is 5.75 Å². The first-order valence-electron chi connectivity index (χ1n) is 8.15. The first kappa shape index (κ1) is 18.1. The van der Waals surface area contributed by atoms with Gasteiger partial charge in [-0.15, -0.1) is 0 Å². The summed E-state index contributed by atoms with van der Waals surface area (Å²) in [6, 6.07) is 11.8. The predicted octanol–water partition coefficient (Wildman–Crippen LogP) is 3.06. The van der Waals surface area contributed by atoms with Crippen LogP contribution in [0, 0.1) is 10.1 Å². The van der Waals surface area contributed by atoms with Gasteiger partial charge in [0.2, 0.25) is 0 Å². The summed E-state index contributed by atoms with van der Waals surface area (Å²) in [5.74, 6) is 0.361. The Morgan fingerprint density at radius 1 is 1.30 bits per heavy atom. The summed E-state index contributed by atoms with van der Waals surface area (Å²) in [4.78, 5) is 29.1. The normalized spacial score (nSPS) is 10.4. The molecule has 3 rings (SSSR count). The summed E-state index contributed by atoms with van der Waals surface area (Å²) in [6.07, 6.45) is 4.61. The highest BCUT2D eigenvalue weighted by Gasteiger charge is 2.21. The number of para-hydroxylation sites is 1. The van der Waals surface area contributed by atoms with Crippen molar-refractivity contribution in [2.45, 2.75) is 6.54 Å². The molecule has 0 bridgehead atoms. The smallest absolute Gasteiger partial charge is 0.294 e. The summed E-state index contributed by atoms with van der Waals surface area (Å²) >= 11 is 0. The zero-order valence-electron chi connectivity index (χ0n) is 14.9. The maximum Gasteiger partial charge on any atom is 0.294 e. The van der Waals surface area contributed by atoms with E-state index in [9.17, 15) is 14.9 Å². The number of aromatic nitrogens is 2. The molecule has 1 aromatic heterocycles. The second-order valence-corrected chi connectivity index (χ2v) is 5.90. The van der Waals surface area contributed by atoms with Crippen LogP contribution in [-0.2, 0) is 6.54 Å². The van der Waals surface area contributed by atoms with E-state index >= 15 is 0 Å². The van der Waals surface area contributed by atoms with Crippen LogP contribution < -0.4 is 4.74 Å². The molecular formula is C19H18N4O4. The summed E-state index contributed by atoms with van der Waals surface area (Å²) in [7, 11) is 3.21. The number of benzene rings is 2. The molecule has 0 radical (unpaired) electrons. The molecule has 0 fully saturated rings. The topological polar surface area (TPSA) is 90.5 Å². The number of carbonyl (C=O) groups excluding carboxylic acids is 1. The van der Waals surface area contributed by atoms with Crippen LogP contribution in [0.3, 0.4) is 0 Å². The molecule has 1 heterocycles. The van der Waals surface area contributed by atoms with Crippen molar-refractivity contribution < 1.29 is 14.5 Å². The average Bonchev–Trinajstić information content (AvgIpc) is 3.21. The average molecular weight is 366 g/mol. The van der Waals surface area contributed by atoms with Crippen LogP contribution in [0.2, 0.25) is 0 Å². The lowest BCUT2D eigenvalue weighted by Gasteiger charge is -2.19. The summed E-state index contributed by atoms with van der Waals surface area (Å²) < 4.78 is 6.84. The maximum absolute atomic E-state index is 12.8. The Hall–Kier alpha value is -3.68. The number of ether oxygens (including phenoxy) is 1. The van der Waals surface area contributed by atoms with E-state index in [-0.39, 0.29) is 17.2 Å². The number of methoxy groups -OCH3 is 1. The Labute approximate surface area is 155 Å². The number of carbonyl (C=O) groups is 1. The van der Waals surface area contributed by atoms with Crippen LogP contribution in [0.1, 0.15) is 15.9 Å². The summed E-state index contributed by atoms with van der Waals surface area (Å²) in [5.41, 5.74) is 1.27. The quantitative estimate of drug-likeness (QED) is 0.494. The van der Waals surface area contributed by atoms with Gasteiger partial charge in [-0.2, -0.15) is 0 Å². The number of amides is 1. The molecule has 0 aliphatic rings. The predicted molar refractivity (Wildman–Crippen MR) is 99.0 cm³/mol. The van der Waals surface area contributed by atoms with Crippen molar-refractivity contribution in [2.75, 3.05) is 14.2 Å². The number of imidazole rings is 1. The Morgan fingerprint density at radius 2 is 2.07 bits per heavy atom. The lowest BCUT2D eigenvalue weighted by atomic mass is 10.1. The van der Waals surface area contributed by atoms with E-state index in [1.54, 1.807) is 32.5 Å². The van der Waals surface area contributed by atoms with Crippen LogP contribution in [-0.4, -0.2) is 39.4 Å². The van der Waals surface area contributed by atoms with E-state index in [1.807, 2.05) is 24.3 Å². The van der Waals surface area contributed by atoms with Crippen molar-refractivity contribution in [3.8, 4) is 11.4 Å². The molecule has 138 valence electrons. The van der Waals surface area contributed by atoms with Gasteiger partial charge >= 0.3 is 0 Å². The highest BCUT2D eigenvalue weighted by Crippen LogP contribution is 2.25. The SMILES string of the molecule is COc1ccccc1CN(C)C(=O)c1ccc(-n2ccnc2)c([N+](=O)[O-])c1. The van der Waals surface area contributed by atoms with Crippen molar-refractivity contribution in [1.82, 2.24) is 14.5 Å². The van der Waals surface area contributed by atoms with Crippen molar-refractivity contribution in [2.24, 2.45) is 0 Å². The van der Waals surface area contributed by atoms with Gasteiger partial charge in [0.05, 0.1) is 18.4 Å². The molecule has 0 unspecified atom stereocenters. The van der Waals surface area contributed by atoms with E-state index < -0.39 is 4.92 Å². The van der Waals surface area contributed by atoms with Gasteiger partial charge in [-0.3, -0.25) is 14.9 Å². The highest BCUT2D eigenvalue weighted by molar-refractivity contribution is 5.95. The van der Waals surface area contributed by atoms with Crippen molar-refractivity contribution in [3.63, 3.8) is 0 Å². The molecule has 2 aromatic carbocycles. The van der Waals surface area contributed by atoms with Gasteiger partial charge in [0.15, 0.2) is 0 Å². The zero-order chi connectivity index (χ0) is 19.4. The van der Waals surface area contributed by atoms with E-state index in [0.29, 0.717) is 18.0 Å². The Bertz CT molecular complexity index is 970. The molecule has 27 heavy (non-hydrogen) atoms. The monoisotopic (exact) mass is 366 g/mol. The highest BCUT2D eigenvalue weighted by atomic mass is 16.6. The van der Waals surface area contributed by atoms with Crippen LogP contribution in [0.4, 0.5) is 5.69 Å². The van der Waals surface area contributed by atoms with Crippen molar-refractivity contribution >= 4 is 11.6 Å². The molecule has 0 saturated heterocycles. The van der Waals surface area contributed by atoms with Crippen LogP contribution in [0.25, 0.3) is 5.69 Å². The van der Waals surface area contributed by atoms with Crippen LogP contribution in [0.15, 0.2) is 61.2 Å². The van der Waals surface area contributed by atoms with Gasteiger partial charge in [0.25, 0.3) is 11.6 Å². The number of hydrogen-bond donors (Lipinski definition) is 0. The third-order valence-corrected chi connectivity index (χ3v) is 4.15. The Morgan fingerprint density at radius 3 is 2.74 bits per heavy atom. The number of nitro benzene ring substituents is 1. The molecule has 0 N–H and O–H groups in total. The number of nitro groups is 1. The Kier molecular flexibility index (Phi) is 5.16. The molecule has 8 nitrogen and oxygen atoms in total. The van der Waals surface area contributed by atoms with Gasteiger partial charge in [-0.1, -0.05) is 18.2 Å². The number of hydrogen-bond acceptors (Lipinski definition) is 5.